The highest BCUT2D eigenvalue weighted by atomic mass is 35.5. The topological polar surface area (TPSA) is 96.9 Å². The molecule has 2 amide bonds. The second-order valence-corrected chi connectivity index (χ2v) is 7.86. The van der Waals surface area contributed by atoms with Crippen molar-refractivity contribution in [3.63, 3.8) is 0 Å². The maximum atomic E-state index is 12.2. The molecule has 0 spiro atoms. The number of hydrogen-bond acceptors (Lipinski definition) is 5. The first kappa shape index (κ1) is 24.3. The van der Waals surface area contributed by atoms with Crippen LogP contribution < -0.4 is 15.5 Å². The fourth-order valence-corrected chi connectivity index (χ4v) is 3.13. The summed E-state index contributed by atoms with van der Waals surface area (Å²) in [6.45, 7) is 1.64. The third kappa shape index (κ3) is 6.55. The summed E-state index contributed by atoms with van der Waals surface area (Å²) < 4.78 is 5.31. The quantitative estimate of drug-likeness (QED) is 0.161. The number of anilines is 1. The molecule has 3 rings (SSSR count). The van der Waals surface area contributed by atoms with Gasteiger partial charge in [0.05, 0.1) is 27.0 Å². The van der Waals surface area contributed by atoms with Gasteiger partial charge in [-0.15, -0.1) is 0 Å². The summed E-state index contributed by atoms with van der Waals surface area (Å²) in [5.74, 6) is -2.23. The fourth-order valence-electron chi connectivity index (χ4n) is 2.58. The first-order chi connectivity index (χ1) is 15.7. The zero-order chi connectivity index (χ0) is 24.0. The Morgan fingerprint density at radius 3 is 2.24 bits per heavy atom. The van der Waals surface area contributed by atoms with E-state index in [1.165, 1.54) is 12.1 Å². The van der Waals surface area contributed by atoms with E-state index >= 15 is 0 Å². The Morgan fingerprint density at radius 1 is 0.848 bits per heavy atom. The van der Waals surface area contributed by atoms with Crippen molar-refractivity contribution in [1.29, 1.82) is 0 Å². The van der Waals surface area contributed by atoms with Crippen LogP contribution in [0.2, 0.25) is 15.1 Å². The standard InChI is InChI=1S/C23H16Cl3N3O4/c1-13(28-29-22(31)21(30)27-20-12-15(24)8-11-19(20)26)14-6-9-16(10-7-14)33-23(32)17-4-2-3-5-18(17)25/h2-12H,1H3,(H,27,30)(H,29,31)/b28-13+. The van der Waals surface area contributed by atoms with Crippen molar-refractivity contribution in [2.45, 2.75) is 6.92 Å². The van der Waals surface area contributed by atoms with Crippen LogP contribution in [0.15, 0.2) is 71.8 Å². The van der Waals surface area contributed by atoms with Gasteiger partial charge in [-0.2, -0.15) is 5.10 Å². The summed E-state index contributed by atoms with van der Waals surface area (Å²) in [6.07, 6.45) is 0. The van der Waals surface area contributed by atoms with Gasteiger partial charge < -0.3 is 10.1 Å². The lowest BCUT2D eigenvalue weighted by atomic mass is 10.1. The Morgan fingerprint density at radius 2 is 1.55 bits per heavy atom. The summed E-state index contributed by atoms with van der Waals surface area (Å²) in [4.78, 5) is 36.3. The number of halogens is 3. The number of esters is 1. The minimum absolute atomic E-state index is 0.201. The number of nitrogens with one attached hydrogen (secondary N) is 2. The summed E-state index contributed by atoms with van der Waals surface area (Å²) in [6, 6.07) is 17.5. The van der Waals surface area contributed by atoms with Crippen LogP contribution in [0.5, 0.6) is 5.75 Å². The van der Waals surface area contributed by atoms with E-state index < -0.39 is 17.8 Å². The molecule has 3 aromatic carbocycles. The Kier molecular flexibility index (Phi) is 8.06. The molecule has 0 unspecified atom stereocenters. The number of benzene rings is 3. The smallest absolute Gasteiger partial charge is 0.345 e. The molecule has 0 fully saturated rings. The van der Waals surface area contributed by atoms with Crippen molar-refractivity contribution in [2.75, 3.05) is 5.32 Å². The van der Waals surface area contributed by atoms with Gasteiger partial charge in [0.25, 0.3) is 0 Å². The SMILES string of the molecule is C/C(=N\NC(=O)C(=O)Nc1cc(Cl)ccc1Cl)c1ccc(OC(=O)c2ccccc2Cl)cc1. The van der Waals surface area contributed by atoms with E-state index in [0.29, 0.717) is 27.1 Å². The van der Waals surface area contributed by atoms with Gasteiger partial charge >= 0.3 is 17.8 Å². The molecular weight excluding hydrogens is 489 g/mol. The zero-order valence-corrected chi connectivity index (χ0v) is 19.3. The highest BCUT2D eigenvalue weighted by Gasteiger charge is 2.16. The van der Waals surface area contributed by atoms with Gasteiger partial charge in [0, 0.05) is 5.02 Å². The lowest BCUT2D eigenvalue weighted by molar-refractivity contribution is -0.136. The Labute approximate surface area is 204 Å². The van der Waals surface area contributed by atoms with Gasteiger partial charge in [-0.3, -0.25) is 9.59 Å². The van der Waals surface area contributed by atoms with E-state index in [4.69, 9.17) is 39.5 Å². The molecule has 0 aliphatic heterocycles. The number of carbonyl (C=O) groups is 3. The Balaban J connectivity index is 1.59. The Hall–Kier alpha value is -3.39. The van der Waals surface area contributed by atoms with Gasteiger partial charge in [0.15, 0.2) is 0 Å². The van der Waals surface area contributed by atoms with Gasteiger partial charge in [-0.1, -0.05) is 46.9 Å². The first-order valence-corrected chi connectivity index (χ1v) is 10.6. The molecule has 0 aromatic heterocycles. The lowest BCUT2D eigenvalue weighted by Crippen LogP contribution is -2.33. The second kappa shape index (κ2) is 11.0. The zero-order valence-electron chi connectivity index (χ0n) is 17.1. The summed E-state index contributed by atoms with van der Waals surface area (Å²) in [5, 5.41) is 7.16. The normalized spacial score (nSPS) is 11.0. The van der Waals surface area contributed by atoms with Crippen molar-refractivity contribution in [3.05, 3.63) is 92.9 Å². The van der Waals surface area contributed by atoms with Crippen LogP contribution in [0.25, 0.3) is 0 Å². The highest BCUT2D eigenvalue weighted by molar-refractivity contribution is 6.42. The molecule has 0 atom stereocenters. The molecule has 10 heteroatoms. The number of hydrazone groups is 1. The van der Waals surface area contributed by atoms with E-state index in [-0.39, 0.29) is 16.3 Å². The van der Waals surface area contributed by atoms with Gasteiger partial charge in [0.2, 0.25) is 0 Å². The molecule has 0 heterocycles. The number of amides is 2. The minimum atomic E-state index is -0.990. The molecule has 3 aromatic rings. The van der Waals surface area contributed by atoms with E-state index in [9.17, 15) is 14.4 Å². The predicted octanol–water partition coefficient (Wildman–Crippen LogP) is 5.34. The van der Waals surface area contributed by atoms with E-state index in [1.807, 2.05) is 0 Å². The molecule has 7 nitrogen and oxygen atoms in total. The number of hydrogen-bond donors (Lipinski definition) is 2. The van der Waals surface area contributed by atoms with Crippen molar-refractivity contribution >= 4 is 64.0 Å². The van der Waals surface area contributed by atoms with Crippen molar-refractivity contribution < 1.29 is 19.1 Å². The number of carbonyl (C=O) groups excluding carboxylic acids is 3. The van der Waals surface area contributed by atoms with Crippen molar-refractivity contribution in [3.8, 4) is 5.75 Å². The van der Waals surface area contributed by atoms with Gasteiger partial charge in [-0.05, 0) is 67.1 Å². The van der Waals surface area contributed by atoms with Crippen molar-refractivity contribution in [1.82, 2.24) is 5.43 Å². The molecule has 0 aliphatic rings. The molecular formula is C23H16Cl3N3O4. The molecule has 0 aliphatic carbocycles. The van der Waals surface area contributed by atoms with Gasteiger partial charge in [0.1, 0.15) is 5.75 Å². The van der Waals surface area contributed by atoms with E-state index in [2.05, 4.69) is 15.8 Å². The van der Waals surface area contributed by atoms with Crippen LogP contribution in [0.1, 0.15) is 22.8 Å². The third-order valence-electron chi connectivity index (χ3n) is 4.28. The number of ether oxygens (including phenoxy) is 1. The van der Waals surface area contributed by atoms with Crippen molar-refractivity contribution in [2.24, 2.45) is 5.10 Å². The van der Waals surface area contributed by atoms with Gasteiger partial charge in [-0.25, -0.2) is 10.2 Å². The Bertz CT molecular complexity index is 1240. The highest BCUT2D eigenvalue weighted by Crippen LogP contribution is 2.25. The van der Waals surface area contributed by atoms with E-state index in [1.54, 1.807) is 61.5 Å². The molecule has 0 saturated heterocycles. The van der Waals surface area contributed by atoms with Crippen LogP contribution in [0.3, 0.4) is 0 Å². The molecule has 0 bridgehead atoms. The van der Waals surface area contributed by atoms with Crippen LogP contribution in [0.4, 0.5) is 5.69 Å². The minimum Gasteiger partial charge on any atom is -0.423 e. The molecule has 2 N–H and O–H groups in total. The second-order valence-electron chi connectivity index (χ2n) is 6.61. The molecule has 0 saturated carbocycles. The maximum Gasteiger partial charge on any atom is 0.345 e. The maximum absolute atomic E-state index is 12.2. The van der Waals surface area contributed by atoms with Crippen LogP contribution in [0, 0.1) is 0 Å². The lowest BCUT2D eigenvalue weighted by Gasteiger charge is -2.08. The average molecular weight is 505 g/mol. The summed E-state index contributed by atoms with van der Waals surface area (Å²) >= 11 is 17.8. The first-order valence-electron chi connectivity index (χ1n) is 9.42. The number of nitrogens with zero attached hydrogens (tertiary/aromatic N) is 1. The van der Waals surface area contributed by atoms with Crippen LogP contribution in [-0.2, 0) is 9.59 Å². The third-order valence-corrected chi connectivity index (χ3v) is 5.18. The van der Waals surface area contributed by atoms with Crippen LogP contribution >= 0.6 is 34.8 Å². The molecule has 33 heavy (non-hydrogen) atoms. The molecule has 168 valence electrons. The van der Waals surface area contributed by atoms with E-state index in [0.717, 1.165) is 0 Å². The molecule has 0 radical (unpaired) electrons. The monoisotopic (exact) mass is 503 g/mol. The fraction of sp³-hybridized carbons (Fsp3) is 0.0435. The summed E-state index contributed by atoms with van der Waals surface area (Å²) in [5.41, 5.74) is 3.67. The van der Waals surface area contributed by atoms with Crippen LogP contribution in [-0.4, -0.2) is 23.5 Å². The largest absolute Gasteiger partial charge is 0.423 e. The average Bonchev–Trinajstić information content (AvgIpc) is 2.80. The number of rotatable bonds is 5. The summed E-state index contributed by atoms with van der Waals surface area (Å²) in [7, 11) is 0. The predicted molar refractivity (Wildman–Crippen MR) is 128 cm³/mol.